The number of benzene rings is 1. The van der Waals surface area contributed by atoms with Gasteiger partial charge in [0.1, 0.15) is 5.75 Å². The van der Waals surface area contributed by atoms with Gasteiger partial charge in [-0.2, -0.15) is 0 Å². The number of amides is 1. The van der Waals surface area contributed by atoms with Gasteiger partial charge in [0.2, 0.25) is 0 Å². The molecule has 5 nitrogen and oxygen atoms in total. The number of aryl methyl sites for hydroxylation is 1. The summed E-state index contributed by atoms with van der Waals surface area (Å²) in [5.41, 5.74) is 0.985. The Labute approximate surface area is 142 Å². The van der Waals surface area contributed by atoms with Crippen LogP contribution in [0.5, 0.6) is 5.75 Å². The maximum Gasteiger partial charge on any atom is 0.263 e. The quantitative estimate of drug-likeness (QED) is 0.810. The van der Waals surface area contributed by atoms with Gasteiger partial charge in [0, 0.05) is 12.6 Å². The van der Waals surface area contributed by atoms with Gasteiger partial charge in [-0.05, 0) is 44.9 Å². The zero-order valence-corrected chi connectivity index (χ0v) is 15.2. The molecule has 23 heavy (non-hydrogen) atoms. The Kier molecular flexibility index (Phi) is 5.57. The first-order chi connectivity index (χ1) is 10.7. The maximum atomic E-state index is 12.6. The predicted molar refractivity (Wildman–Crippen MR) is 90.7 cm³/mol. The van der Waals surface area contributed by atoms with Crippen LogP contribution in [0.2, 0.25) is 5.02 Å². The van der Waals surface area contributed by atoms with Gasteiger partial charge in [-0.1, -0.05) is 17.7 Å². The fraction of sp³-hybridized carbons (Fsp3) is 0.562. The third-order valence-corrected chi connectivity index (χ3v) is 6.07. The zero-order chi connectivity index (χ0) is 17.2. The van der Waals surface area contributed by atoms with Crippen LogP contribution in [0.25, 0.3) is 0 Å². The summed E-state index contributed by atoms with van der Waals surface area (Å²) < 4.78 is 29.0. The summed E-state index contributed by atoms with van der Waals surface area (Å²) in [6.07, 6.45) is -0.239. The molecule has 1 aromatic rings. The first kappa shape index (κ1) is 18.1. The van der Waals surface area contributed by atoms with Gasteiger partial charge in [-0.25, -0.2) is 8.42 Å². The predicted octanol–water partition coefficient (Wildman–Crippen LogP) is 2.45. The van der Waals surface area contributed by atoms with Crippen molar-refractivity contribution in [3.05, 3.63) is 28.8 Å². The molecule has 1 aliphatic rings. The van der Waals surface area contributed by atoms with Gasteiger partial charge in [-0.3, -0.25) is 4.79 Å². The highest BCUT2D eigenvalue weighted by Gasteiger charge is 2.35. The average Bonchev–Trinajstić information content (AvgIpc) is 2.83. The van der Waals surface area contributed by atoms with Crippen molar-refractivity contribution in [3.8, 4) is 5.75 Å². The molecule has 1 saturated heterocycles. The second kappa shape index (κ2) is 7.09. The van der Waals surface area contributed by atoms with Crippen LogP contribution in [-0.4, -0.2) is 49.4 Å². The summed E-state index contributed by atoms with van der Waals surface area (Å²) in [6, 6.07) is 5.10. The van der Waals surface area contributed by atoms with E-state index >= 15 is 0 Å². The van der Waals surface area contributed by atoms with Gasteiger partial charge in [0.05, 0.1) is 16.5 Å². The number of hydrogen-bond acceptors (Lipinski definition) is 4. The van der Waals surface area contributed by atoms with Crippen LogP contribution in [-0.2, 0) is 14.6 Å². The van der Waals surface area contributed by atoms with Gasteiger partial charge < -0.3 is 9.64 Å². The molecule has 1 amide bonds. The van der Waals surface area contributed by atoms with Crippen molar-refractivity contribution in [2.45, 2.75) is 39.3 Å². The number of carbonyl (C=O) groups excluding carboxylic acids is 1. The average molecular weight is 360 g/mol. The second-order valence-corrected chi connectivity index (χ2v) is 8.51. The molecular formula is C16H22ClNO4S. The summed E-state index contributed by atoms with van der Waals surface area (Å²) in [5.74, 6) is 0.417. The fourth-order valence-electron chi connectivity index (χ4n) is 2.79. The number of carbonyl (C=O) groups is 1. The first-order valence-electron chi connectivity index (χ1n) is 7.67. The normalized spacial score (nSPS) is 21.0. The van der Waals surface area contributed by atoms with E-state index < -0.39 is 15.9 Å². The molecule has 2 rings (SSSR count). The Bertz CT molecular complexity index is 689. The highest BCUT2D eigenvalue weighted by atomic mass is 35.5. The summed E-state index contributed by atoms with van der Waals surface area (Å²) >= 11 is 6.09. The van der Waals surface area contributed by atoms with E-state index in [-0.39, 0.29) is 23.5 Å². The Morgan fingerprint density at radius 3 is 2.74 bits per heavy atom. The van der Waals surface area contributed by atoms with E-state index in [2.05, 4.69) is 0 Å². The third kappa shape index (κ3) is 4.38. The number of ether oxygens (including phenoxy) is 1. The van der Waals surface area contributed by atoms with Gasteiger partial charge in [0.15, 0.2) is 15.9 Å². The summed E-state index contributed by atoms with van der Waals surface area (Å²) in [4.78, 5) is 14.2. The lowest BCUT2D eigenvalue weighted by Crippen LogP contribution is -2.46. The van der Waals surface area contributed by atoms with Crippen molar-refractivity contribution in [1.82, 2.24) is 4.90 Å². The smallest absolute Gasteiger partial charge is 0.263 e. The highest BCUT2D eigenvalue weighted by molar-refractivity contribution is 7.91. The van der Waals surface area contributed by atoms with E-state index in [1.165, 1.54) is 0 Å². The Hall–Kier alpha value is -1.27. The van der Waals surface area contributed by atoms with Crippen LogP contribution in [0.4, 0.5) is 0 Å². The van der Waals surface area contributed by atoms with Crippen molar-refractivity contribution in [3.63, 3.8) is 0 Å². The molecule has 1 aliphatic heterocycles. The van der Waals surface area contributed by atoms with E-state index in [4.69, 9.17) is 16.3 Å². The van der Waals surface area contributed by atoms with Crippen LogP contribution >= 0.6 is 11.6 Å². The molecule has 1 heterocycles. The minimum atomic E-state index is -3.04. The molecule has 0 bridgehead atoms. The lowest BCUT2D eigenvalue weighted by atomic mass is 10.2. The molecule has 0 saturated carbocycles. The first-order valence-corrected chi connectivity index (χ1v) is 9.87. The van der Waals surface area contributed by atoms with Crippen molar-refractivity contribution in [2.24, 2.45) is 0 Å². The number of halogens is 1. The van der Waals surface area contributed by atoms with Crippen LogP contribution in [0.1, 0.15) is 25.8 Å². The number of likely N-dealkylation sites (N-methyl/N-ethyl adjacent to an activating group) is 1. The molecular weight excluding hydrogens is 338 g/mol. The molecule has 1 aromatic carbocycles. The summed E-state index contributed by atoms with van der Waals surface area (Å²) in [5, 5.41) is 0.446. The summed E-state index contributed by atoms with van der Waals surface area (Å²) in [7, 11) is -3.04. The molecule has 7 heteroatoms. The van der Waals surface area contributed by atoms with Crippen molar-refractivity contribution >= 4 is 27.3 Å². The molecule has 128 valence electrons. The number of nitrogens with zero attached hydrogens (tertiary/aromatic N) is 1. The van der Waals surface area contributed by atoms with Crippen LogP contribution in [0.3, 0.4) is 0 Å². The maximum absolute atomic E-state index is 12.6. The van der Waals surface area contributed by atoms with E-state index in [0.29, 0.717) is 23.7 Å². The molecule has 1 fully saturated rings. The SMILES string of the molecule is CCN(C(=O)C(C)Oc1cc(C)ccc1Cl)C1CCS(=O)(=O)C1. The van der Waals surface area contributed by atoms with Crippen molar-refractivity contribution < 1.29 is 17.9 Å². The van der Waals surface area contributed by atoms with Gasteiger partial charge in [-0.15, -0.1) is 0 Å². The number of rotatable bonds is 5. The highest BCUT2D eigenvalue weighted by Crippen LogP contribution is 2.27. The second-order valence-electron chi connectivity index (χ2n) is 5.88. The largest absolute Gasteiger partial charge is 0.479 e. The topological polar surface area (TPSA) is 63.7 Å². The third-order valence-electron chi connectivity index (χ3n) is 4.01. The molecule has 0 spiro atoms. The molecule has 2 atom stereocenters. The number of hydrogen-bond donors (Lipinski definition) is 0. The van der Waals surface area contributed by atoms with Gasteiger partial charge >= 0.3 is 0 Å². The standard InChI is InChI=1S/C16H22ClNO4S/c1-4-18(13-7-8-23(20,21)10-13)16(19)12(3)22-15-9-11(2)5-6-14(15)17/h5-6,9,12-13H,4,7-8,10H2,1-3H3. The lowest BCUT2D eigenvalue weighted by molar-refractivity contribution is -0.139. The van der Waals surface area contributed by atoms with Crippen molar-refractivity contribution in [2.75, 3.05) is 18.1 Å². The fourth-order valence-corrected chi connectivity index (χ4v) is 4.68. The summed E-state index contributed by atoms with van der Waals surface area (Å²) in [6.45, 7) is 5.87. The van der Waals surface area contributed by atoms with Crippen LogP contribution < -0.4 is 4.74 Å². The Morgan fingerprint density at radius 1 is 1.48 bits per heavy atom. The lowest BCUT2D eigenvalue weighted by Gasteiger charge is -2.29. The Morgan fingerprint density at radius 2 is 2.17 bits per heavy atom. The minimum Gasteiger partial charge on any atom is -0.479 e. The minimum absolute atomic E-state index is 0.0322. The monoisotopic (exact) mass is 359 g/mol. The van der Waals surface area contributed by atoms with E-state index in [0.717, 1.165) is 5.56 Å². The van der Waals surface area contributed by atoms with E-state index in [1.807, 2.05) is 19.9 Å². The van der Waals surface area contributed by atoms with E-state index in [9.17, 15) is 13.2 Å². The van der Waals surface area contributed by atoms with Crippen LogP contribution in [0, 0.1) is 6.92 Å². The molecule has 0 radical (unpaired) electrons. The van der Waals surface area contributed by atoms with E-state index in [1.54, 1.807) is 24.0 Å². The number of sulfone groups is 1. The zero-order valence-electron chi connectivity index (χ0n) is 13.6. The molecule has 0 aromatic heterocycles. The van der Waals surface area contributed by atoms with Gasteiger partial charge in [0.25, 0.3) is 5.91 Å². The Balaban J connectivity index is 2.10. The molecule has 2 unspecified atom stereocenters. The van der Waals surface area contributed by atoms with Crippen molar-refractivity contribution in [1.29, 1.82) is 0 Å². The molecule has 0 N–H and O–H groups in total. The van der Waals surface area contributed by atoms with Crippen LogP contribution in [0.15, 0.2) is 18.2 Å². The molecule has 0 aliphatic carbocycles.